The van der Waals surface area contributed by atoms with Gasteiger partial charge in [0, 0.05) is 0 Å². The summed E-state index contributed by atoms with van der Waals surface area (Å²) >= 11 is 0. The van der Waals surface area contributed by atoms with Crippen LogP contribution in [0.1, 0.15) is 6.92 Å². The minimum absolute atomic E-state index is 0.237. The molecule has 2 aromatic carbocycles. The van der Waals surface area contributed by atoms with Crippen molar-refractivity contribution in [2.45, 2.75) is 6.92 Å². The molecule has 23 heavy (non-hydrogen) atoms. The average molecular weight is 308 g/mol. The number of hydrogen-bond donors (Lipinski definition) is 0. The van der Waals surface area contributed by atoms with Crippen LogP contribution in [0.15, 0.2) is 76.3 Å². The third-order valence-electron chi connectivity index (χ3n) is 3.39. The number of para-hydroxylation sites is 2. The fourth-order valence-corrected chi connectivity index (χ4v) is 2.41. The van der Waals surface area contributed by atoms with E-state index in [1.165, 1.54) is 10.6 Å². The van der Waals surface area contributed by atoms with Crippen molar-refractivity contribution in [3.8, 4) is 17.3 Å². The Morgan fingerprint density at radius 2 is 1.35 bits per heavy atom. The Morgan fingerprint density at radius 3 is 1.87 bits per heavy atom. The van der Waals surface area contributed by atoms with Crippen molar-refractivity contribution in [1.82, 2.24) is 9.13 Å². The Labute approximate surface area is 133 Å². The summed E-state index contributed by atoms with van der Waals surface area (Å²) in [6.07, 6.45) is 0. The minimum atomic E-state index is -0.460. The van der Waals surface area contributed by atoms with Gasteiger partial charge in [-0.3, -0.25) is 4.79 Å². The van der Waals surface area contributed by atoms with Crippen LogP contribution in [-0.2, 0) is 0 Å². The molecule has 5 heteroatoms. The number of benzene rings is 2. The molecule has 0 aliphatic heterocycles. The summed E-state index contributed by atoms with van der Waals surface area (Å²) in [5.74, 6) is 0.237. The molecule has 0 fully saturated rings. The highest BCUT2D eigenvalue weighted by Crippen LogP contribution is 2.14. The van der Waals surface area contributed by atoms with E-state index in [9.17, 15) is 9.59 Å². The normalized spacial score (nSPS) is 10.5. The molecule has 0 unspecified atom stereocenters. The number of ether oxygens (including phenoxy) is 1. The van der Waals surface area contributed by atoms with Gasteiger partial charge in [-0.05, 0) is 31.2 Å². The molecule has 116 valence electrons. The molecule has 0 spiro atoms. The Kier molecular flexibility index (Phi) is 4.10. The van der Waals surface area contributed by atoms with Crippen LogP contribution >= 0.6 is 0 Å². The Morgan fingerprint density at radius 1 is 0.826 bits per heavy atom. The van der Waals surface area contributed by atoms with E-state index in [1.807, 2.05) is 31.2 Å². The second-order valence-corrected chi connectivity index (χ2v) is 4.88. The lowest BCUT2D eigenvalue weighted by atomic mass is 10.3. The SMILES string of the molecule is CCOc1cc(=O)n(-c2ccccc2)c(=O)n1-c1ccccc1. The van der Waals surface area contributed by atoms with Crippen molar-refractivity contribution in [2.24, 2.45) is 0 Å². The van der Waals surface area contributed by atoms with Gasteiger partial charge in [-0.1, -0.05) is 36.4 Å². The Balaban J connectivity index is 2.33. The van der Waals surface area contributed by atoms with Gasteiger partial charge in [-0.25, -0.2) is 13.9 Å². The molecule has 0 aliphatic rings. The number of aromatic nitrogens is 2. The van der Waals surface area contributed by atoms with Crippen LogP contribution in [0.2, 0.25) is 0 Å². The molecule has 5 nitrogen and oxygen atoms in total. The van der Waals surface area contributed by atoms with Crippen LogP contribution in [0, 0.1) is 0 Å². The largest absolute Gasteiger partial charge is 0.479 e. The van der Waals surface area contributed by atoms with Crippen molar-refractivity contribution in [1.29, 1.82) is 0 Å². The molecular weight excluding hydrogens is 292 g/mol. The minimum Gasteiger partial charge on any atom is -0.479 e. The predicted octanol–water partition coefficient (Wildman–Crippen LogP) is 2.39. The molecule has 0 aliphatic carbocycles. The lowest BCUT2D eigenvalue weighted by Gasteiger charge is -2.15. The van der Waals surface area contributed by atoms with Gasteiger partial charge in [0.25, 0.3) is 5.56 Å². The number of nitrogens with zero attached hydrogens (tertiary/aromatic N) is 2. The highest BCUT2D eigenvalue weighted by molar-refractivity contribution is 5.38. The van der Waals surface area contributed by atoms with E-state index in [4.69, 9.17) is 4.74 Å². The molecule has 0 saturated carbocycles. The van der Waals surface area contributed by atoms with E-state index < -0.39 is 11.2 Å². The van der Waals surface area contributed by atoms with Gasteiger partial charge in [0.2, 0.25) is 5.88 Å². The van der Waals surface area contributed by atoms with Crippen molar-refractivity contribution < 1.29 is 4.74 Å². The standard InChI is InChI=1S/C18H16N2O3/c1-2-23-17-13-16(21)19(14-9-5-3-6-10-14)18(22)20(17)15-11-7-4-8-12-15/h3-13H,2H2,1H3. The first-order valence-electron chi connectivity index (χ1n) is 7.35. The second kappa shape index (κ2) is 6.36. The summed E-state index contributed by atoms with van der Waals surface area (Å²) in [5.41, 5.74) is 0.288. The van der Waals surface area contributed by atoms with E-state index in [0.29, 0.717) is 18.0 Å². The first kappa shape index (κ1) is 14.8. The lowest BCUT2D eigenvalue weighted by molar-refractivity contribution is 0.314. The first-order valence-corrected chi connectivity index (χ1v) is 7.35. The number of rotatable bonds is 4. The zero-order valence-corrected chi connectivity index (χ0v) is 12.7. The van der Waals surface area contributed by atoms with Gasteiger partial charge in [-0.2, -0.15) is 0 Å². The summed E-state index contributed by atoms with van der Waals surface area (Å²) in [6, 6.07) is 19.3. The monoisotopic (exact) mass is 308 g/mol. The molecule has 0 amide bonds. The van der Waals surface area contributed by atoms with Gasteiger partial charge in [0.15, 0.2) is 0 Å². The molecule has 3 aromatic rings. The highest BCUT2D eigenvalue weighted by Gasteiger charge is 2.14. The second-order valence-electron chi connectivity index (χ2n) is 4.88. The van der Waals surface area contributed by atoms with E-state index in [0.717, 1.165) is 4.57 Å². The summed E-state index contributed by atoms with van der Waals surface area (Å²) in [4.78, 5) is 25.3. The van der Waals surface area contributed by atoms with Crippen LogP contribution in [0.3, 0.4) is 0 Å². The van der Waals surface area contributed by atoms with Crippen LogP contribution < -0.4 is 16.0 Å². The molecular formula is C18H16N2O3. The van der Waals surface area contributed by atoms with Gasteiger partial charge >= 0.3 is 5.69 Å². The average Bonchev–Trinajstić information content (AvgIpc) is 2.57. The third kappa shape index (κ3) is 2.81. The van der Waals surface area contributed by atoms with Crippen LogP contribution in [0.25, 0.3) is 11.4 Å². The smallest absolute Gasteiger partial charge is 0.343 e. The van der Waals surface area contributed by atoms with Crippen LogP contribution in [0.5, 0.6) is 5.88 Å². The molecule has 0 radical (unpaired) electrons. The quantitative estimate of drug-likeness (QED) is 0.743. The van der Waals surface area contributed by atoms with Gasteiger partial charge in [0.1, 0.15) is 0 Å². The maximum Gasteiger partial charge on any atom is 0.343 e. The fourth-order valence-electron chi connectivity index (χ4n) is 2.41. The molecule has 1 heterocycles. The zero-order valence-electron chi connectivity index (χ0n) is 12.7. The van der Waals surface area contributed by atoms with Crippen molar-refractivity contribution >= 4 is 0 Å². The van der Waals surface area contributed by atoms with Crippen molar-refractivity contribution in [3.63, 3.8) is 0 Å². The van der Waals surface area contributed by atoms with Crippen molar-refractivity contribution in [3.05, 3.63) is 87.6 Å². The third-order valence-corrected chi connectivity index (χ3v) is 3.39. The fraction of sp³-hybridized carbons (Fsp3) is 0.111. The van der Waals surface area contributed by atoms with E-state index in [2.05, 4.69) is 0 Å². The topological polar surface area (TPSA) is 53.2 Å². The van der Waals surface area contributed by atoms with E-state index >= 15 is 0 Å². The van der Waals surface area contributed by atoms with E-state index in [1.54, 1.807) is 36.4 Å². The molecule has 0 N–H and O–H groups in total. The van der Waals surface area contributed by atoms with E-state index in [-0.39, 0.29) is 5.88 Å². The molecule has 0 atom stereocenters. The predicted molar refractivity (Wildman–Crippen MR) is 88.8 cm³/mol. The maximum atomic E-state index is 12.9. The van der Waals surface area contributed by atoms with Gasteiger partial charge in [0.05, 0.1) is 24.0 Å². The number of hydrogen-bond acceptors (Lipinski definition) is 3. The molecule has 0 bridgehead atoms. The zero-order chi connectivity index (χ0) is 16.2. The summed E-state index contributed by atoms with van der Waals surface area (Å²) in [5, 5.41) is 0. The highest BCUT2D eigenvalue weighted by atomic mass is 16.5. The lowest BCUT2D eigenvalue weighted by Crippen LogP contribution is -2.38. The molecule has 0 saturated heterocycles. The summed E-state index contributed by atoms with van der Waals surface area (Å²) < 4.78 is 8.03. The first-order chi connectivity index (χ1) is 11.2. The Hall–Kier alpha value is -3.08. The van der Waals surface area contributed by atoms with Crippen LogP contribution in [0.4, 0.5) is 0 Å². The molecule has 1 aromatic heterocycles. The van der Waals surface area contributed by atoms with Crippen LogP contribution in [-0.4, -0.2) is 15.7 Å². The van der Waals surface area contributed by atoms with Crippen molar-refractivity contribution in [2.75, 3.05) is 6.61 Å². The van der Waals surface area contributed by atoms with Gasteiger partial charge in [-0.15, -0.1) is 0 Å². The summed E-state index contributed by atoms with van der Waals surface area (Å²) in [7, 11) is 0. The van der Waals surface area contributed by atoms with Gasteiger partial charge < -0.3 is 4.74 Å². The maximum absolute atomic E-state index is 12.9. The molecule has 3 rings (SSSR count). The summed E-state index contributed by atoms with van der Waals surface area (Å²) in [6.45, 7) is 2.17. The Bertz CT molecular complexity index is 912.